The Morgan fingerprint density at radius 1 is 1.08 bits per heavy atom. The van der Waals surface area contributed by atoms with Crippen molar-refractivity contribution in [1.82, 2.24) is 9.62 Å². The van der Waals surface area contributed by atoms with Crippen LogP contribution in [0, 0.1) is 0 Å². The molecule has 7 nitrogen and oxygen atoms in total. The maximum Gasteiger partial charge on any atom is 0.417 e. The van der Waals surface area contributed by atoms with E-state index in [1.165, 1.54) is 12.1 Å². The highest BCUT2D eigenvalue weighted by atomic mass is 35.5. The van der Waals surface area contributed by atoms with E-state index in [0.29, 0.717) is 5.56 Å². The van der Waals surface area contributed by atoms with E-state index in [9.17, 15) is 18.0 Å². The van der Waals surface area contributed by atoms with Crippen LogP contribution in [0.25, 0.3) is 0 Å². The number of ether oxygens (including phenoxy) is 1. The second-order valence-corrected chi connectivity index (χ2v) is 7.66. The van der Waals surface area contributed by atoms with Crippen LogP contribution < -0.4 is 4.72 Å². The van der Waals surface area contributed by atoms with E-state index >= 15 is 0 Å². The highest BCUT2D eigenvalue weighted by molar-refractivity contribution is 7.89. The number of carbonyl (C=O) groups excluding carboxylic acids is 2. The number of nitrogens with zero attached hydrogens (tertiary/aromatic N) is 1. The van der Waals surface area contributed by atoms with Crippen molar-refractivity contribution in [3.63, 3.8) is 0 Å². The highest BCUT2D eigenvalue weighted by Crippen LogP contribution is 2.24. The van der Waals surface area contributed by atoms with Crippen molar-refractivity contribution in [3.05, 3.63) is 65.2 Å². The topological polar surface area (TPSA) is 92.8 Å². The van der Waals surface area contributed by atoms with Crippen LogP contribution in [0.1, 0.15) is 11.6 Å². The summed E-state index contributed by atoms with van der Waals surface area (Å²) in [6.07, 6.45) is -0.798. The van der Waals surface area contributed by atoms with Gasteiger partial charge in [-0.1, -0.05) is 54.1 Å². The highest BCUT2D eigenvalue weighted by Gasteiger charge is 2.35. The van der Waals surface area contributed by atoms with Crippen molar-refractivity contribution in [2.75, 3.05) is 13.2 Å². The van der Waals surface area contributed by atoms with E-state index in [2.05, 4.69) is 9.46 Å². The molecule has 2 aromatic rings. The van der Waals surface area contributed by atoms with Crippen LogP contribution in [-0.2, 0) is 19.6 Å². The first-order valence-electron chi connectivity index (χ1n) is 7.67. The van der Waals surface area contributed by atoms with Gasteiger partial charge in [0.05, 0.1) is 17.6 Å². The maximum atomic E-state index is 12.8. The lowest BCUT2D eigenvalue weighted by molar-refractivity contribution is -0.126. The molecule has 26 heavy (non-hydrogen) atoms. The molecule has 1 aliphatic heterocycles. The SMILES string of the molecule is O=C1COC(=O)N1C[C@@H](NS(=O)(=O)c1ccccc1Cl)c1ccccc1. The predicted molar refractivity (Wildman–Crippen MR) is 94.0 cm³/mol. The predicted octanol–water partition coefficient (Wildman–Crippen LogP) is 2.34. The fourth-order valence-electron chi connectivity index (χ4n) is 2.55. The van der Waals surface area contributed by atoms with Crippen molar-refractivity contribution in [3.8, 4) is 0 Å². The first kappa shape index (κ1) is 18.4. The molecule has 1 aliphatic rings. The average Bonchev–Trinajstić information content (AvgIpc) is 2.94. The van der Waals surface area contributed by atoms with Crippen molar-refractivity contribution in [2.24, 2.45) is 0 Å². The van der Waals surface area contributed by atoms with Crippen LogP contribution in [0.5, 0.6) is 0 Å². The minimum Gasteiger partial charge on any atom is -0.439 e. The standard InChI is InChI=1S/C17H15ClN2O5S/c18-13-8-4-5-9-15(13)26(23,24)19-14(12-6-2-1-3-7-12)10-20-16(21)11-25-17(20)22/h1-9,14,19H,10-11H2/t14-/m1/s1. The first-order chi connectivity index (χ1) is 12.4. The number of carbonyl (C=O) groups is 2. The zero-order chi connectivity index (χ0) is 18.7. The summed E-state index contributed by atoms with van der Waals surface area (Å²) in [5.74, 6) is -0.520. The molecule has 0 bridgehead atoms. The lowest BCUT2D eigenvalue weighted by Gasteiger charge is -2.23. The smallest absolute Gasteiger partial charge is 0.417 e. The molecular formula is C17H15ClN2O5S. The monoisotopic (exact) mass is 394 g/mol. The third kappa shape index (κ3) is 3.87. The molecular weight excluding hydrogens is 380 g/mol. The fraction of sp³-hybridized carbons (Fsp3) is 0.176. The van der Waals surface area contributed by atoms with E-state index < -0.39 is 28.1 Å². The quantitative estimate of drug-likeness (QED) is 0.811. The molecule has 1 fully saturated rings. The Bertz CT molecular complexity index is 917. The van der Waals surface area contributed by atoms with Gasteiger partial charge in [-0.3, -0.25) is 4.79 Å². The maximum absolute atomic E-state index is 12.8. The Hall–Kier alpha value is -2.42. The second kappa shape index (κ2) is 7.45. The van der Waals surface area contributed by atoms with Gasteiger partial charge in [0.2, 0.25) is 10.0 Å². The van der Waals surface area contributed by atoms with Gasteiger partial charge in [0.25, 0.3) is 5.91 Å². The number of sulfonamides is 1. The number of imide groups is 1. The van der Waals surface area contributed by atoms with Gasteiger partial charge in [0.1, 0.15) is 4.90 Å². The van der Waals surface area contributed by atoms with E-state index in [1.807, 2.05) is 0 Å². The van der Waals surface area contributed by atoms with E-state index in [1.54, 1.807) is 42.5 Å². The van der Waals surface area contributed by atoms with Gasteiger partial charge in [-0.2, -0.15) is 0 Å². The normalized spacial score (nSPS) is 15.8. The summed E-state index contributed by atoms with van der Waals surface area (Å²) in [4.78, 5) is 24.3. The largest absolute Gasteiger partial charge is 0.439 e. The number of benzene rings is 2. The third-order valence-electron chi connectivity index (χ3n) is 3.83. The van der Waals surface area contributed by atoms with E-state index in [4.69, 9.17) is 11.6 Å². The molecule has 1 atom stereocenters. The van der Waals surface area contributed by atoms with Gasteiger partial charge in [-0.15, -0.1) is 0 Å². The summed E-state index contributed by atoms with van der Waals surface area (Å²) in [5, 5.41) is 0.0727. The second-order valence-electron chi connectivity index (χ2n) is 5.57. The molecule has 0 saturated carbocycles. The van der Waals surface area contributed by atoms with Gasteiger partial charge in [0, 0.05) is 0 Å². The molecule has 9 heteroatoms. The van der Waals surface area contributed by atoms with Crippen LogP contribution in [0.15, 0.2) is 59.5 Å². The van der Waals surface area contributed by atoms with Crippen LogP contribution in [0.4, 0.5) is 4.79 Å². The average molecular weight is 395 g/mol. The Kier molecular flexibility index (Phi) is 5.26. The van der Waals surface area contributed by atoms with Crippen molar-refractivity contribution < 1.29 is 22.7 Å². The fourth-order valence-corrected chi connectivity index (χ4v) is 4.28. The molecule has 1 N–H and O–H groups in total. The Labute approximate surface area is 155 Å². The summed E-state index contributed by atoms with van der Waals surface area (Å²) < 4.78 is 32.7. The molecule has 1 heterocycles. The number of cyclic esters (lactones) is 1. The van der Waals surface area contributed by atoms with Crippen LogP contribution >= 0.6 is 11.6 Å². The van der Waals surface area contributed by atoms with Gasteiger partial charge in [-0.05, 0) is 17.7 Å². The minimum atomic E-state index is -3.99. The number of hydrogen-bond donors (Lipinski definition) is 1. The van der Waals surface area contributed by atoms with Crippen LogP contribution in [0.2, 0.25) is 5.02 Å². The van der Waals surface area contributed by atoms with Crippen LogP contribution in [0.3, 0.4) is 0 Å². The van der Waals surface area contributed by atoms with E-state index in [-0.39, 0.29) is 23.1 Å². The summed E-state index contributed by atoms with van der Waals surface area (Å²) in [6.45, 7) is -0.539. The zero-order valence-corrected chi connectivity index (χ0v) is 15.0. The number of amides is 2. The van der Waals surface area contributed by atoms with E-state index in [0.717, 1.165) is 4.90 Å². The molecule has 0 spiro atoms. The molecule has 136 valence electrons. The molecule has 3 rings (SSSR count). The molecule has 0 aliphatic carbocycles. The molecule has 2 amide bonds. The Morgan fingerprint density at radius 3 is 2.35 bits per heavy atom. The lowest BCUT2D eigenvalue weighted by Crippen LogP contribution is -2.40. The third-order valence-corrected chi connectivity index (χ3v) is 5.80. The number of halogens is 1. The van der Waals surface area contributed by atoms with Gasteiger partial charge >= 0.3 is 6.09 Å². The molecule has 0 radical (unpaired) electrons. The molecule has 0 unspecified atom stereocenters. The molecule has 0 aromatic heterocycles. The Morgan fingerprint density at radius 2 is 1.73 bits per heavy atom. The van der Waals surface area contributed by atoms with Gasteiger partial charge in [-0.25, -0.2) is 22.8 Å². The van der Waals surface area contributed by atoms with Crippen LogP contribution in [-0.4, -0.2) is 38.5 Å². The van der Waals surface area contributed by atoms with Gasteiger partial charge < -0.3 is 4.74 Å². The first-order valence-corrected chi connectivity index (χ1v) is 9.53. The zero-order valence-electron chi connectivity index (χ0n) is 13.5. The van der Waals surface area contributed by atoms with Gasteiger partial charge in [0.15, 0.2) is 6.61 Å². The molecule has 1 saturated heterocycles. The minimum absolute atomic E-state index is 0.0727. The number of hydrogen-bond acceptors (Lipinski definition) is 5. The molecule has 2 aromatic carbocycles. The number of rotatable bonds is 6. The van der Waals surface area contributed by atoms with Crippen molar-refractivity contribution in [2.45, 2.75) is 10.9 Å². The summed E-state index contributed by atoms with van der Waals surface area (Å²) >= 11 is 6.00. The lowest BCUT2D eigenvalue weighted by atomic mass is 10.1. The number of nitrogens with one attached hydrogen (secondary N) is 1. The van der Waals surface area contributed by atoms with Crippen molar-refractivity contribution in [1.29, 1.82) is 0 Å². The van der Waals surface area contributed by atoms with Crippen molar-refractivity contribution >= 4 is 33.6 Å². The summed E-state index contributed by atoms with van der Waals surface area (Å²) in [7, 11) is -3.99. The Balaban J connectivity index is 1.93. The summed E-state index contributed by atoms with van der Waals surface area (Å²) in [6, 6.07) is 13.8. The summed E-state index contributed by atoms with van der Waals surface area (Å²) in [5.41, 5.74) is 0.593.